The predicted molar refractivity (Wildman–Crippen MR) is 59.6 cm³/mol. The highest BCUT2D eigenvalue weighted by Crippen LogP contribution is 2.17. The summed E-state index contributed by atoms with van der Waals surface area (Å²) >= 11 is 0. The van der Waals surface area contributed by atoms with Gasteiger partial charge < -0.3 is 13.9 Å². The van der Waals surface area contributed by atoms with Crippen LogP contribution in [0.15, 0.2) is 16.7 Å². The van der Waals surface area contributed by atoms with Gasteiger partial charge in [-0.2, -0.15) is 0 Å². The van der Waals surface area contributed by atoms with Gasteiger partial charge >= 0.3 is 12.1 Å². The molecule has 0 radical (unpaired) electrons. The second-order valence-electron chi connectivity index (χ2n) is 3.91. The number of nitrogens with one attached hydrogen (secondary N) is 1. The molecule has 1 heterocycles. The Balaban J connectivity index is 2.62. The summed E-state index contributed by atoms with van der Waals surface area (Å²) in [7, 11) is 1.23. The molecule has 1 aromatic heterocycles. The fourth-order valence-electron chi connectivity index (χ4n) is 1.17. The van der Waals surface area contributed by atoms with Crippen LogP contribution < -0.4 is 5.32 Å². The average molecular weight is 241 g/mol. The van der Waals surface area contributed by atoms with Crippen molar-refractivity contribution in [1.82, 2.24) is 0 Å². The molecule has 0 spiro atoms. The van der Waals surface area contributed by atoms with E-state index in [1.165, 1.54) is 27.2 Å². The molecular formula is C11H15NO5. The minimum atomic E-state index is -1.34. The third-order valence-electron chi connectivity index (χ3n) is 2.12. The van der Waals surface area contributed by atoms with E-state index in [0.29, 0.717) is 11.4 Å². The number of hydrogen-bond donors (Lipinski definition) is 1. The molecule has 0 bridgehead atoms. The van der Waals surface area contributed by atoms with Crippen LogP contribution in [0, 0.1) is 6.92 Å². The van der Waals surface area contributed by atoms with Gasteiger partial charge in [0.05, 0.1) is 19.1 Å². The molecule has 1 rings (SSSR count). The van der Waals surface area contributed by atoms with Gasteiger partial charge in [0.2, 0.25) is 5.60 Å². The number of carbonyl (C=O) groups excluding carboxylic acids is 2. The summed E-state index contributed by atoms with van der Waals surface area (Å²) in [5.74, 6) is -0.0746. The highest BCUT2D eigenvalue weighted by Gasteiger charge is 2.33. The molecule has 0 aliphatic heterocycles. The van der Waals surface area contributed by atoms with Crippen molar-refractivity contribution in [2.24, 2.45) is 0 Å². The first-order chi connectivity index (χ1) is 7.86. The third-order valence-corrected chi connectivity index (χ3v) is 2.12. The summed E-state index contributed by atoms with van der Waals surface area (Å²) in [6.45, 7) is 4.59. The Kier molecular flexibility index (Phi) is 3.77. The van der Waals surface area contributed by atoms with Gasteiger partial charge in [-0.05, 0) is 20.8 Å². The number of ether oxygens (including phenoxy) is 2. The van der Waals surface area contributed by atoms with Crippen LogP contribution in [0.3, 0.4) is 0 Å². The van der Waals surface area contributed by atoms with Crippen molar-refractivity contribution >= 4 is 17.7 Å². The summed E-state index contributed by atoms with van der Waals surface area (Å²) in [5.41, 5.74) is -0.841. The zero-order valence-corrected chi connectivity index (χ0v) is 10.2. The molecule has 0 saturated heterocycles. The number of hydrogen-bond acceptors (Lipinski definition) is 5. The zero-order valence-electron chi connectivity index (χ0n) is 10.2. The average Bonchev–Trinajstić information content (AvgIpc) is 2.62. The highest BCUT2D eigenvalue weighted by atomic mass is 16.6. The molecule has 0 atom stereocenters. The van der Waals surface area contributed by atoms with Gasteiger partial charge in [-0.1, -0.05) is 0 Å². The summed E-state index contributed by atoms with van der Waals surface area (Å²) in [4.78, 5) is 22.8. The minimum Gasteiger partial charge on any atom is -0.467 e. The normalized spacial score (nSPS) is 10.8. The Morgan fingerprint density at radius 1 is 1.41 bits per heavy atom. The Morgan fingerprint density at radius 3 is 2.53 bits per heavy atom. The second kappa shape index (κ2) is 4.90. The van der Waals surface area contributed by atoms with E-state index >= 15 is 0 Å². The number of esters is 1. The number of methoxy groups -OCH3 is 1. The van der Waals surface area contributed by atoms with Gasteiger partial charge in [0.1, 0.15) is 5.76 Å². The molecule has 6 nitrogen and oxygen atoms in total. The lowest BCUT2D eigenvalue weighted by Gasteiger charge is -2.21. The van der Waals surface area contributed by atoms with E-state index in [1.54, 1.807) is 13.0 Å². The van der Waals surface area contributed by atoms with Crippen molar-refractivity contribution in [2.45, 2.75) is 26.4 Å². The van der Waals surface area contributed by atoms with Crippen LogP contribution in [0.2, 0.25) is 0 Å². The maximum Gasteiger partial charge on any atom is 0.412 e. The molecule has 94 valence electrons. The van der Waals surface area contributed by atoms with Gasteiger partial charge in [-0.15, -0.1) is 0 Å². The van der Waals surface area contributed by atoms with E-state index in [2.05, 4.69) is 10.1 Å². The number of carbonyl (C=O) groups is 2. The monoisotopic (exact) mass is 241 g/mol. The van der Waals surface area contributed by atoms with E-state index < -0.39 is 17.7 Å². The van der Waals surface area contributed by atoms with Crippen LogP contribution in [0.25, 0.3) is 0 Å². The Labute approximate surface area is 98.9 Å². The molecular weight excluding hydrogens is 226 g/mol. The highest BCUT2D eigenvalue weighted by molar-refractivity contribution is 5.89. The molecule has 0 fully saturated rings. The quantitative estimate of drug-likeness (QED) is 0.820. The van der Waals surface area contributed by atoms with Crippen LogP contribution in [0.5, 0.6) is 0 Å². The smallest absolute Gasteiger partial charge is 0.412 e. The Bertz CT molecular complexity index is 421. The first-order valence-electron chi connectivity index (χ1n) is 4.99. The summed E-state index contributed by atoms with van der Waals surface area (Å²) in [6.07, 6.45) is 0.695. The van der Waals surface area contributed by atoms with Gasteiger partial charge in [0, 0.05) is 6.07 Å². The number of rotatable bonds is 3. The molecule has 17 heavy (non-hydrogen) atoms. The number of aryl methyl sites for hydroxylation is 1. The molecule has 1 N–H and O–H groups in total. The van der Waals surface area contributed by atoms with Crippen molar-refractivity contribution < 1.29 is 23.5 Å². The maximum atomic E-state index is 11.5. The second-order valence-corrected chi connectivity index (χ2v) is 3.91. The van der Waals surface area contributed by atoms with Crippen molar-refractivity contribution in [1.29, 1.82) is 0 Å². The predicted octanol–water partition coefficient (Wildman–Crippen LogP) is 2.09. The fourth-order valence-corrected chi connectivity index (χ4v) is 1.17. The summed E-state index contributed by atoms with van der Waals surface area (Å²) in [5, 5.41) is 2.46. The SMILES string of the molecule is COC(=O)C(C)(C)OC(=O)Nc1ccoc1C. The van der Waals surface area contributed by atoms with E-state index in [1.807, 2.05) is 0 Å². The fraction of sp³-hybridized carbons (Fsp3) is 0.455. The summed E-state index contributed by atoms with van der Waals surface area (Å²) < 4.78 is 14.5. The van der Waals surface area contributed by atoms with E-state index in [9.17, 15) is 9.59 Å². The molecule has 6 heteroatoms. The molecule has 1 aromatic rings. The molecule has 0 saturated carbocycles. The Morgan fingerprint density at radius 2 is 2.06 bits per heavy atom. The van der Waals surface area contributed by atoms with Crippen LogP contribution >= 0.6 is 0 Å². The largest absolute Gasteiger partial charge is 0.467 e. The first-order valence-corrected chi connectivity index (χ1v) is 4.99. The molecule has 1 amide bonds. The van der Waals surface area contributed by atoms with Crippen LogP contribution in [0.1, 0.15) is 19.6 Å². The van der Waals surface area contributed by atoms with Gasteiger partial charge in [-0.3, -0.25) is 5.32 Å². The lowest BCUT2D eigenvalue weighted by atomic mass is 10.1. The standard InChI is InChI=1S/C11H15NO5/c1-7-8(5-6-16-7)12-10(14)17-11(2,3)9(13)15-4/h5-6H,1-4H3,(H,12,14). The van der Waals surface area contributed by atoms with Gasteiger partial charge in [0.15, 0.2) is 0 Å². The van der Waals surface area contributed by atoms with Crippen LogP contribution in [-0.2, 0) is 14.3 Å². The van der Waals surface area contributed by atoms with E-state index in [4.69, 9.17) is 9.15 Å². The lowest BCUT2D eigenvalue weighted by molar-refractivity contribution is -0.158. The van der Waals surface area contributed by atoms with Crippen molar-refractivity contribution in [2.75, 3.05) is 12.4 Å². The minimum absolute atomic E-state index is 0.496. The molecule has 0 aliphatic rings. The van der Waals surface area contributed by atoms with E-state index in [0.717, 1.165) is 0 Å². The number of amides is 1. The number of furan rings is 1. The summed E-state index contributed by atoms with van der Waals surface area (Å²) in [6, 6.07) is 1.59. The topological polar surface area (TPSA) is 77.8 Å². The van der Waals surface area contributed by atoms with Crippen molar-refractivity contribution in [3.63, 3.8) is 0 Å². The van der Waals surface area contributed by atoms with Crippen LogP contribution in [0.4, 0.5) is 10.5 Å². The van der Waals surface area contributed by atoms with Crippen LogP contribution in [-0.4, -0.2) is 24.8 Å². The third kappa shape index (κ3) is 3.24. The Hall–Kier alpha value is -1.98. The number of anilines is 1. The first kappa shape index (κ1) is 13.1. The molecule has 0 aromatic carbocycles. The lowest BCUT2D eigenvalue weighted by Crippen LogP contribution is -2.39. The zero-order chi connectivity index (χ0) is 13.1. The maximum absolute atomic E-state index is 11.5. The van der Waals surface area contributed by atoms with Crippen molar-refractivity contribution in [3.8, 4) is 0 Å². The van der Waals surface area contributed by atoms with Gasteiger partial charge in [-0.25, -0.2) is 9.59 Å². The van der Waals surface area contributed by atoms with Crippen molar-refractivity contribution in [3.05, 3.63) is 18.1 Å². The molecule has 0 aliphatic carbocycles. The van der Waals surface area contributed by atoms with E-state index in [-0.39, 0.29) is 0 Å². The molecule has 0 unspecified atom stereocenters. The van der Waals surface area contributed by atoms with Gasteiger partial charge in [0.25, 0.3) is 0 Å².